The van der Waals surface area contributed by atoms with E-state index in [1.165, 1.54) is 12.1 Å². The molecule has 2 nitrogen and oxygen atoms in total. The van der Waals surface area contributed by atoms with Gasteiger partial charge < -0.3 is 9.47 Å². The molecule has 0 aliphatic rings. The van der Waals surface area contributed by atoms with Crippen molar-refractivity contribution in [1.82, 2.24) is 0 Å². The van der Waals surface area contributed by atoms with Crippen LogP contribution in [0.25, 0.3) is 0 Å². The van der Waals surface area contributed by atoms with Gasteiger partial charge >= 0.3 is 0 Å². The van der Waals surface area contributed by atoms with Crippen molar-refractivity contribution in [3.63, 3.8) is 0 Å². The maximum atomic E-state index is 14.3. The predicted octanol–water partition coefficient (Wildman–Crippen LogP) is 8.09. The molecule has 0 saturated heterocycles. The van der Waals surface area contributed by atoms with Crippen molar-refractivity contribution >= 4 is 0 Å². The fourth-order valence-corrected chi connectivity index (χ4v) is 3.62. The van der Waals surface area contributed by atoms with Crippen LogP contribution in [0.5, 0.6) is 11.5 Å². The Morgan fingerprint density at radius 3 is 1.34 bits per heavy atom. The molecule has 190 valence electrons. The number of hydrogen-bond donors (Lipinski definition) is 0. The van der Waals surface area contributed by atoms with Gasteiger partial charge in [0.05, 0.1) is 0 Å². The summed E-state index contributed by atoms with van der Waals surface area (Å²) in [7, 11) is 0. The zero-order valence-electron chi connectivity index (χ0n) is 21.1. The standard InChI is InChI=1S/C34H28F2O2/c35-31-23-27(19-21-33(31)37-25-29-15-9-5-10-16-29)13-7-3-1-2-4-8-14-28-20-22-34(32(36)24-28)38-26-30-17-11-6-12-18-30/h5-6,9-12,15-24H,1-4,25-26H2. The summed E-state index contributed by atoms with van der Waals surface area (Å²) in [5.41, 5.74) is 3.20. The van der Waals surface area contributed by atoms with Gasteiger partial charge in [0, 0.05) is 24.0 Å². The Morgan fingerprint density at radius 1 is 0.526 bits per heavy atom. The van der Waals surface area contributed by atoms with Gasteiger partial charge in [0.25, 0.3) is 0 Å². The molecular weight excluding hydrogens is 478 g/mol. The highest BCUT2D eigenvalue weighted by molar-refractivity contribution is 5.40. The Kier molecular flexibility index (Phi) is 9.95. The highest BCUT2D eigenvalue weighted by Gasteiger charge is 2.05. The van der Waals surface area contributed by atoms with Crippen LogP contribution in [-0.2, 0) is 13.2 Å². The largest absolute Gasteiger partial charge is 0.486 e. The van der Waals surface area contributed by atoms with E-state index in [4.69, 9.17) is 9.47 Å². The molecule has 0 bridgehead atoms. The smallest absolute Gasteiger partial charge is 0.166 e. The second kappa shape index (κ2) is 14.3. The van der Waals surface area contributed by atoms with Gasteiger partial charge in [0.1, 0.15) is 13.2 Å². The number of benzene rings is 4. The van der Waals surface area contributed by atoms with Crippen LogP contribution in [0.4, 0.5) is 8.78 Å². The number of unbranched alkanes of at least 4 members (excludes halogenated alkanes) is 3. The second-order valence-electron chi connectivity index (χ2n) is 8.65. The molecule has 0 amide bonds. The van der Waals surface area contributed by atoms with E-state index in [1.807, 2.05) is 60.7 Å². The molecule has 0 heterocycles. The van der Waals surface area contributed by atoms with Crippen molar-refractivity contribution in [1.29, 1.82) is 0 Å². The molecule has 4 heteroatoms. The average molecular weight is 507 g/mol. The van der Waals surface area contributed by atoms with E-state index in [0.29, 0.717) is 37.2 Å². The van der Waals surface area contributed by atoms with Crippen molar-refractivity contribution in [3.05, 3.63) is 131 Å². The first kappa shape index (κ1) is 26.5. The number of ether oxygens (including phenoxy) is 2. The van der Waals surface area contributed by atoms with E-state index in [1.54, 1.807) is 24.3 Å². The highest BCUT2D eigenvalue weighted by atomic mass is 19.1. The lowest BCUT2D eigenvalue weighted by atomic mass is 10.1. The van der Waals surface area contributed by atoms with Gasteiger partial charge in [-0.25, -0.2) is 8.78 Å². The lowest BCUT2D eigenvalue weighted by Gasteiger charge is -2.07. The zero-order chi connectivity index (χ0) is 26.4. The normalized spacial score (nSPS) is 10.1. The Labute approximate surface area is 223 Å². The summed E-state index contributed by atoms with van der Waals surface area (Å²) >= 11 is 0. The third-order valence-electron chi connectivity index (χ3n) is 5.66. The minimum atomic E-state index is -0.421. The molecular formula is C34H28F2O2. The fourth-order valence-electron chi connectivity index (χ4n) is 3.62. The van der Waals surface area contributed by atoms with Gasteiger partial charge in [-0.3, -0.25) is 0 Å². The maximum Gasteiger partial charge on any atom is 0.166 e. The zero-order valence-corrected chi connectivity index (χ0v) is 21.1. The maximum absolute atomic E-state index is 14.3. The summed E-state index contributed by atoms with van der Waals surface area (Å²) in [5.74, 6) is 11.8. The number of rotatable bonds is 9. The molecule has 0 aliphatic heterocycles. The van der Waals surface area contributed by atoms with Crippen LogP contribution in [0.1, 0.15) is 47.9 Å². The molecule has 0 atom stereocenters. The van der Waals surface area contributed by atoms with Crippen molar-refractivity contribution < 1.29 is 18.3 Å². The molecule has 0 saturated carbocycles. The lowest BCUT2D eigenvalue weighted by molar-refractivity contribution is 0.290. The Balaban J connectivity index is 1.16. The first-order chi connectivity index (χ1) is 18.7. The van der Waals surface area contributed by atoms with Gasteiger partial charge in [-0.05, 0) is 60.4 Å². The monoisotopic (exact) mass is 506 g/mol. The van der Waals surface area contributed by atoms with Crippen LogP contribution in [0.15, 0.2) is 97.1 Å². The number of hydrogen-bond acceptors (Lipinski definition) is 2. The Bertz CT molecular complexity index is 1330. The third kappa shape index (κ3) is 8.54. The molecule has 4 rings (SSSR count). The van der Waals surface area contributed by atoms with Gasteiger partial charge in [-0.2, -0.15) is 0 Å². The minimum Gasteiger partial charge on any atom is -0.486 e. The van der Waals surface area contributed by atoms with Gasteiger partial charge in [-0.15, -0.1) is 0 Å². The third-order valence-corrected chi connectivity index (χ3v) is 5.66. The van der Waals surface area contributed by atoms with E-state index in [2.05, 4.69) is 23.7 Å². The summed E-state index contributed by atoms with van der Waals surface area (Å²) in [5, 5.41) is 0. The minimum absolute atomic E-state index is 0.215. The summed E-state index contributed by atoms with van der Waals surface area (Å²) in [6.45, 7) is 0.629. The fraction of sp³-hybridized carbons (Fsp3) is 0.176. The first-order valence-electron chi connectivity index (χ1n) is 12.6. The summed E-state index contributed by atoms with van der Waals surface area (Å²) in [6, 6.07) is 28.8. The molecule has 0 radical (unpaired) electrons. The Morgan fingerprint density at radius 2 is 0.947 bits per heavy atom. The number of halogens is 2. The van der Waals surface area contributed by atoms with E-state index in [0.717, 1.165) is 24.0 Å². The van der Waals surface area contributed by atoms with Gasteiger partial charge in [0.15, 0.2) is 23.1 Å². The summed E-state index contributed by atoms with van der Waals surface area (Å²) < 4.78 is 39.8. The van der Waals surface area contributed by atoms with Crippen molar-refractivity contribution in [2.24, 2.45) is 0 Å². The highest BCUT2D eigenvalue weighted by Crippen LogP contribution is 2.20. The molecule has 0 N–H and O–H groups in total. The van der Waals surface area contributed by atoms with E-state index < -0.39 is 11.6 Å². The Hall–Kier alpha value is -4.54. The quantitative estimate of drug-likeness (QED) is 0.169. The molecule has 38 heavy (non-hydrogen) atoms. The van der Waals surface area contributed by atoms with Crippen LogP contribution in [0.2, 0.25) is 0 Å². The molecule has 0 spiro atoms. The van der Waals surface area contributed by atoms with E-state index in [9.17, 15) is 8.78 Å². The van der Waals surface area contributed by atoms with Crippen molar-refractivity contribution in [2.75, 3.05) is 0 Å². The first-order valence-corrected chi connectivity index (χ1v) is 12.6. The molecule has 0 fully saturated rings. The molecule has 4 aromatic carbocycles. The van der Waals surface area contributed by atoms with Crippen LogP contribution in [-0.4, -0.2) is 0 Å². The van der Waals surface area contributed by atoms with Gasteiger partial charge in [-0.1, -0.05) is 84.3 Å². The van der Waals surface area contributed by atoms with E-state index >= 15 is 0 Å². The average Bonchev–Trinajstić information content (AvgIpc) is 2.94. The van der Waals surface area contributed by atoms with Crippen LogP contribution < -0.4 is 9.47 Å². The molecule has 0 unspecified atom stereocenters. The lowest BCUT2D eigenvalue weighted by Crippen LogP contribution is -1.97. The summed E-state index contributed by atoms with van der Waals surface area (Å²) in [4.78, 5) is 0. The summed E-state index contributed by atoms with van der Waals surface area (Å²) in [6.07, 6.45) is 3.14. The van der Waals surface area contributed by atoms with Crippen LogP contribution in [0, 0.1) is 35.3 Å². The SMILES string of the molecule is Fc1cc(C#CCCCCC#Cc2ccc(OCc3ccccc3)c(F)c2)ccc1OCc1ccccc1. The van der Waals surface area contributed by atoms with Gasteiger partial charge in [0.2, 0.25) is 0 Å². The van der Waals surface area contributed by atoms with Crippen molar-refractivity contribution in [3.8, 4) is 35.2 Å². The van der Waals surface area contributed by atoms with Crippen LogP contribution >= 0.6 is 0 Å². The molecule has 0 aliphatic carbocycles. The van der Waals surface area contributed by atoms with E-state index in [-0.39, 0.29) is 11.5 Å². The molecule has 4 aromatic rings. The van der Waals surface area contributed by atoms with Crippen LogP contribution in [0.3, 0.4) is 0 Å². The predicted molar refractivity (Wildman–Crippen MR) is 147 cm³/mol. The van der Waals surface area contributed by atoms with Crippen molar-refractivity contribution in [2.45, 2.75) is 38.9 Å². The topological polar surface area (TPSA) is 18.5 Å². The molecule has 0 aromatic heterocycles. The second-order valence-corrected chi connectivity index (χ2v) is 8.65.